The molecule has 0 amide bonds. The molecule has 7 nitrogen and oxygen atoms in total. The molecule has 31 heavy (non-hydrogen) atoms. The Kier molecular flexibility index (Phi) is 6.87. The van der Waals surface area contributed by atoms with Crippen LogP contribution in [0.2, 0.25) is 5.02 Å². The molecule has 0 bridgehead atoms. The molecule has 0 spiro atoms. The molecule has 158 valence electrons. The number of halogens is 2. The second kappa shape index (κ2) is 9.41. The number of carbonyl (C=O) groups excluding carboxylic acids is 2. The summed E-state index contributed by atoms with van der Waals surface area (Å²) in [7, 11) is 2.40. The van der Waals surface area contributed by atoms with E-state index in [9.17, 15) is 14.9 Å². The number of nitriles is 1. The second-order valence-corrected chi connectivity index (χ2v) is 8.00. The van der Waals surface area contributed by atoms with E-state index in [2.05, 4.69) is 28.7 Å². The number of allylic oxidation sites excluding steroid dienone is 1. The van der Waals surface area contributed by atoms with Gasteiger partial charge in [0, 0.05) is 9.26 Å². The molecule has 9 heteroatoms. The lowest BCUT2D eigenvalue weighted by Gasteiger charge is -2.36. The fourth-order valence-corrected chi connectivity index (χ4v) is 3.92. The minimum absolute atomic E-state index is 0.0123. The number of ether oxygens (including phenoxy) is 2. The van der Waals surface area contributed by atoms with E-state index < -0.39 is 17.9 Å². The topological polar surface area (TPSA) is 106 Å². The van der Waals surface area contributed by atoms with Gasteiger partial charge in [-0.15, -0.1) is 0 Å². The number of anilines is 1. The van der Waals surface area contributed by atoms with Crippen molar-refractivity contribution < 1.29 is 19.1 Å². The predicted octanol–water partition coefficient (Wildman–Crippen LogP) is 3.84. The molecule has 1 heterocycles. The summed E-state index contributed by atoms with van der Waals surface area (Å²) in [6.07, 6.45) is 0. The molecule has 1 aliphatic rings. The van der Waals surface area contributed by atoms with E-state index in [0.717, 1.165) is 3.57 Å². The van der Waals surface area contributed by atoms with E-state index in [1.807, 2.05) is 0 Å². The first kappa shape index (κ1) is 22.7. The van der Waals surface area contributed by atoms with Crippen molar-refractivity contribution in [2.24, 2.45) is 5.73 Å². The van der Waals surface area contributed by atoms with Crippen LogP contribution in [0.15, 0.2) is 71.2 Å². The zero-order valence-corrected chi connectivity index (χ0v) is 19.5. The molecule has 0 aliphatic carbocycles. The van der Waals surface area contributed by atoms with Crippen molar-refractivity contribution in [2.45, 2.75) is 5.92 Å². The van der Waals surface area contributed by atoms with Gasteiger partial charge in [-0.25, -0.2) is 9.59 Å². The highest BCUT2D eigenvalue weighted by atomic mass is 127. The second-order valence-electron chi connectivity index (χ2n) is 6.43. The lowest BCUT2D eigenvalue weighted by Crippen LogP contribution is -2.40. The van der Waals surface area contributed by atoms with Gasteiger partial charge in [0.25, 0.3) is 0 Å². The number of rotatable bonds is 4. The largest absolute Gasteiger partial charge is 0.466 e. The fraction of sp³-hybridized carbons (Fsp3) is 0.136. The average molecular weight is 550 g/mol. The van der Waals surface area contributed by atoms with E-state index in [1.165, 1.54) is 19.1 Å². The Morgan fingerprint density at radius 3 is 2.32 bits per heavy atom. The van der Waals surface area contributed by atoms with E-state index in [-0.39, 0.29) is 22.7 Å². The van der Waals surface area contributed by atoms with Gasteiger partial charge in [0.15, 0.2) is 0 Å². The standard InChI is InChI=1S/C22H17ClIN3O4/c1-30-21(28)18-17(12-6-4-3-5-7-12)14(11-25)20(26)27(19(18)22(29)31-2)13-8-9-16(24)15(23)10-13/h3-10,17H,26H2,1-2H3. The first-order valence-electron chi connectivity index (χ1n) is 8.96. The van der Waals surface area contributed by atoms with Gasteiger partial charge < -0.3 is 15.2 Å². The number of nitrogens with zero attached hydrogens (tertiary/aromatic N) is 2. The molecule has 3 rings (SSSR count). The first-order chi connectivity index (χ1) is 14.8. The highest BCUT2D eigenvalue weighted by Gasteiger charge is 2.43. The summed E-state index contributed by atoms with van der Waals surface area (Å²) in [6.45, 7) is 0. The van der Waals surface area contributed by atoms with Crippen LogP contribution in [-0.2, 0) is 19.1 Å². The maximum Gasteiger partial charge on any atom is 0.355 e. The van der Waals surface area contributed by atoms with Crippen LogP contribution in [0.3, 0.4) is 0 Å². The third-order valence-corrected chi connectivity index (χ3v) is 6.34. The van der Waals surface area contributed by atoms with E-state index in [0.29, 0.717) is 16.3 Å². The van der Waals surface area contributed by atoms with E-state index in [4.69, 9.17) is 26.8 Å². The van der Waals surface area contributed by atoms with Gasteiger partial charge >= 0.3 is 11.9 Å². The van der Waals surface area contributed by atoms with Crippen LogP contribution in [0.5, 0.6) is 0 Å². The Balaban J connectivity index is 2.41. The zero-order chi connectivity index (χ0) is 22.7. The van der Waals surface area contributed by atoms with Crippen molar-refractivity contribution in [3.63, 3.8) is 0 Å². The predicted molar refractivity (Wildman–Crippen MR) is 124 cm³/mol. The number of hydrogen-bond acceptors (Lipinski definition) is 7. The number of esters is 2. The number of carbonyl (C=O) groups is 2. The van der Waals surface area contributed by atoms with E-state index in [1.54, 1.807) is 48.5 Å². The molecule has 0 saturated carbocycles. The van der Waals surface area contributed by atoms with Crippen LogP contribution in [0, 0.1) is 14.9 Å². The van der Waals surface area contributed by atoms with Crippen molar-refractivity contribution in [2.75, 3.05) is 19.1 Å². The number of nitrogens with two attached hydrogens (primary N) is 1. The molecule has 2 aromatic rings. The van der Waals surface area contributed by atoms with Gasteiger partial charge in [-0.1, -0.05) is 41.9 Å². The molecule has 2 N–H and O–H groups in total. The van der Waals surface area contributed by atoms with Gasteiger partial charge in [0.05, 0.1) is 42.4 Å². The van der Waals surface area contributed by atoms with Crippen LogP contribution in [0.4, 0.5) is 5.69 Å². The van der Waals surface area contributed by atoms with Crippen molar-refractivity contribution in [3.05, 3.63) is 85.4 Å². The number of methoxy groups -OCH3 is 2. The normalized spacial score (nSPS) is 16.1. The highest BCUT2D eigenvalue weighted by Crippen LogP contribution is 2.43. The molecule has 1 unspecified atom stereocenters. The fourth-order valence-electron chi connectivity index (χ4n) is 3.41. The third kappa shape index (κ3) is 4.11. The molecule has 0 saturated heterocycles. The van der Waals surface area contributed by atoms with Gasteiger partial charge in [0.2, 0.25) is 0 Å². The Morgan fingerprint density at radius 2 is 1.77 bits per heavy atom. The van der Waals surface area contributed by atoms with Crippen LogP contribution in [-0.4, -0.2) is 26.2 Å². The summed E-state index contributed by atoms with van der Waals surface area (Å²) in [4.78, 5) is 27.2. The van der Waals surface area contributed by atoms with Crippen LogP contribution >= 0.6 is 34.2 Å². The molecule has 0 fully saturated rings. The Bertz CT molecular complexity index is 1160. The van der Waals surface area contributed by atoms with Gasteiger partial charge in [-0.2, -0.15) is 5.26 Å². The molecular weight excluding hydrogens is 533 g/mol. The van der Waals surface area contributed by atoms with Crippen LogP contribution < -0.4 is 10.6 Å². The first-order valence-corrected chi connectivity index (χ1v) is 10.4. The minimum atomic E-state index is -0.914. The van der Waals surface area contributed by atoms with Crippen LogP contribution in [0.25, 0.3) is 0 Å². The highest BCUT2D eigenvalue weighted by molar-refractivity contribution is 14.1. The molecule has 1 aliphatic heterocycles. The Labute approximate surface area is 197 Å². The Hall–Kier alpha value is -3.03. The summed E-state index contributed by atoms with van der Waals surface area (Å²) < 4.78 is 10.7. The molecule has 1 atom stereocenters. The summed E-state index contributed by atoms with van der Waals surface area (Å²) in [5.41, 5.74) is 7.30. The van der Waals surface area contributed by atoms with Gasteiger partial charge in [-0.05, 0) is 46.4 Å². The average Bonchev–Trinajstić information content (AvgIpc) is 2.79. The summed E-state index contributed by atoms with van der Waals surface area (Å²) in [5, 5.41) is 10.4. The third-order valence-electron chi connectivity index (χ3n) is 4.77. The van der Waals surface area contributed by atoms with Gasteiger partial charge in [-0.3, -0.25) is 4.90 Å². The lowest BCUT2D eigenvalue weighted by molar-refractivity contribution is -0.139. The van der Waals surface area contributed by atoms with E-state index >= 15 is 0 Å². The molecule has 2 aromatic carbocycles. The number of benzene rings is 2. The van der Waals surface area contributed by atoms with Crippen molar-refractivity contribution >= 4 is 51.8 Å². The number of hydrogen-bond donors (Lipinski definition) is 1. The van der Waals surface area contributed by atoms with Crippen molar-refractivity contribution in [1.29, 1.82) is 5.26 Å². The maximum atomic E-state index is 12.9. The molecule has 0 radical (unpaired) electrons. The van der Waals surface area contributed by atoms with Gasteiger partial charge in [0.1, 0.15) is 11.5 Å². The zero-order valence-electron chi connectivity index (χ0n) is 16.6. The SMILES string of the molecule is COC(=O)C1=C(C(=O)OC)N(c2ccc(I)c(Cl)c2)C(N)=C(C#N)C1c1ccccc1. The monoisotopic (exact) mass is 549 g/mol. The quantitative estimate of drug-likeness (QED) is 0.456. The lowest BCUT2D eigenvalue weighted by atomic mass is 9.81. The summed E-state index contributed by atoms with van der Waals surface area (Å²) >= 11 is 8.35. The minimum Gasteiger partial charge on any atom is -0.466 e. The van der Waals surface area contributed by atoms with Crippen molar-refractivity contribution in [3.8, 4) is 6.07 Å². The maximum absolute atomic E-state index is 12.9. The van der Waals surface area contributed by atoms with Crippen LogP contribution in [0.1, 0.15) is 11.5 Å². The van der Waals surface area contributed by atoms with Crippen molar-refractivity contribution in [1.82, 2.24) is 0 Å². The molecule has 0 aromatic heterocycles. The summed E-state index contributed by atoms with van der Waals surface area (Å²) in [5.74, 6) is -2.52. The Morgan fingerprint density at radius 1 is 1.13 bits per heavy atom. The summed E-state index contributed by atoms with van der Waals surface area (Å²) in [6, 6.07) is 15.9. The molecular formula is C22H17ClIN3O4. The smallest absolute Gasteiger partial charge is 0.355 e.